The first kappa shape index (κ1) is 3.96. The number of rotatable bonds is 0. The minimum Gasteiger partial charge on any atom is -0.272 e. The maximum atomic E-state index is 5.27. The summed E-state index contributed by atoms with van der Waals surface area (Å²) in [4.78, 5) is 4.33. The molecule has 6 heavy (non-hydrogen) atoms. The lowest BCUT2D eigenvalue weighted by Gasteiger charge is -1.80. The van der Waals surface area contributed by atoms with Gasteiger partial charge >= 0.3 is 0 Å². The molecule has 1 rings (SSSR count). The normalized spacial score (nSPS) is 19.8. The van der Waals surface area contributed by atoms with Gasteiger partial charge in [0.1, 0.15) is 0 Å². The van der Waals surface area contributed by atoms with Gasteiger partial charge in [0.15, 0.2) is 0 Å². The van der Waals surface area contributed by atoms with Crippen LogP contribution in [0.2, 0.25) is 0 Å². The fourth-order valence-electron chi connectivity index (χ4n) is 0.189. The third kappa shape index (κ3) is 0.640. The molecular weight excluding hydrogens is 101 g/mol. The predicted molar refractivity (Wildman–Crippen MR) is 21.4 cm³/mol. The van der Waals surface area contributed by atoms with Crippen molar-refractivity contribution in [2.45, 2.75) is 0 Å². The standard InChI is InChI=1S/C3H2ClNO/c4-3-1-5-6-2-3/h1,5H. The molecule has 0 atom stereocenters. The molecule has 3 heteroatoms. The molecule has 2 nitrogen and oxygen atoms in total. The molecular formula is C3H2ClNO. The second-order valence-corrected chi connectivity index (χ2v) is 1.22. The van der Waals surface area contributed by atoms with Crippen molar-refractivity contribution < 1.29 is 4.84 Å². The van der Waals surface area contributed by atoms with E-state index in [0.717, 1.165) is 0 Å². The van der Waals surface area contributed by atoms with Crippen LogP contribution >= 0.6 is 11.6 Å². The van der Waals surface area contributed by atoms with Crippen molar-refractivity contribution in [1.29, 1.82) is 0 Å². The Kier molecular flexibility index (Phi) is 0.986. The van der Waals surface area contributed by atoms with E-state index >= 15 is 0 Å². The Labute approximate surface area is 40.7 Å². The summed E-state index contributed by atoms with van der Waals surface area (Å²) in [6.07, 6.45) is 1.50. The lowest BCUT2D eigenvalue weighted by molar-refractivity contribution is 0.162. The van der Waals surface area contributed by atoms with Crippen molar-refractivity contribution in [3.05, 3.63) is 17.8 Å². The van der Waals surface area contributed by atoms with Crippen molar-refractivity contribution in [3.8, 4) is 0 Å². The van der Waals surface area contributed by atoms with Crippen LogP contribution in [-0.4, -0.2) is 0 Å². The van der Waals surface area contributed by atoms with Crippen molar-refractivity contribution in [3.63, 3.8) is 0 Å². The van der Waals surface area contributed by atoms with Gasteiger partial charge < -0.3 is 0 Å². The van der Waals surface area contributed by atoms with Gasteiger partial charge in [-0.2, -0.15) is 0 Å². The van der Waals surface area contributed by atoms with Gasteiger partial charge in [0.25, 0.3) is 0 Å². The van der Waals surface area contributed by atoms with Crippen LogP contribution < -0.4 is 5.48 Å². The molecule has 0 saturated carbocycles. The largest absolute Gasteiger partial charge is 0.272 e. The highest BCUT2D eigenvalue weighted by molar-refractivity contribution is 6.30. The minimum atomic E-state index is 0.468. The molecule has 0 aliphatic carbocycles. The topological polar surface area (TPSA) is 21.3 Å². The Balaban J connectivity index is 2.45. The molecule has 1 aliphatic heterocycles. The minimum absolute atomic E-state index is 0.468. The van der Waals surface area contributed by atoms with Gasteiger partial charge in [-0.15, -0.1) is 0 Å². The van der Waals surface area contributed by atoms with E-state index in [1.54, 1.807) is 0 Å². The molecule has 1 heterocycles. The van der Waals surface area contributed by atoms with E-state index in [-0.39, 0.29) is 0 Å². The van der Waals surface area contributed by atoms with Gasteiger partial charge in [0.2, 0.25) is 6.61 Å². The number of hydrogen-bond donors (Lipinski definition) is 1. The van der Waals surface area contributed by atoms with Crippen LogP contribution in [0.5, 0.6) is 0 Å². The summed E-state index contributed by atoms with van der Waals surface area (Å²) in [5, 5.41) is 0.468. The molecule has 0 fully saturated rings. The van der Waals surface area contributed by atoms with E-state index in [2.05, 4.69) is 16.9 Å². The molecule has 0 amide bonds. The highest BCUT2D eigenvalue weighted by Crippen LogP contribution is 2.07. The molecule has 0 aromatic carbocycles. The summed E-state index contributed by atoms with van der Waals surface area (Å²) >= 11 is 5.27. The van der Waals surface area contributed by atoms with Gasteiger partial charge in [-0.3, -0.25) is 10.3 Å². The third-order valence-electron chi connectivity index (χ3n) is 0.393. The zero-order chi connectivity index (χ0) is 4.41. The molecule has 1 N–H and O–H groups in total. The van der Waals surface area contributed by atoms with Crippen LogP contribution in [0.3, 0.4) is 0 Å². The smallest absolute Gasteiger partial charge is 0.213 e. The molecule has 0 aromatic heterocycles. The van der Waals surface area contributed by atoms with E-state index < -0.39 is 0 Å². The van der Waals surface area contributed by atoms with Crippen molar-refractivity contribution in [1.82, 2.24) is 5.48 Å². The van der Waals surface area contributed by atoms with E-state index in [1.807, 2.05) is 0 Å². The molecule has 0 bridgehead atoms. The summed E-state index contributed by atoms with van der Waals surface area (Å²) in [7, 11) is 0. The van der Waals surface area contributed by atoms with Gasteiger partial charge in [-0.1, -0.05) is 11.6 Å². The monoisotopic (exact) mass is 103 g/mol. The zero-order valence-electron chi connectivity index (χ0n) is 2.86. The van der Waals surface area contributed by atoms with Crippen molar-refractivity contribution in [2.75, 3.05) is 0 Å². The van der Waals surface area contributed by atoms with Crippen LogP contribution in [0, 0.1) is 6.61 Å². The van der Waals surface area contributed by atoms with Crippen LogP contribution in [0.15, 0.2) is 11.2 Å². The lowest BCUT2D eigenvalue weighted by atomic mass is 10.7. The van der Waals surface area contributed by atoms with Gasteiger partial charge in [-0.05, 0) is 0 Å². The van der Waals surface area contributed by atoms with Gasteiger partial charge in [0.05, 0.1) is 5.03 Å². The number of hydroxylamine groups is 1. The summed E-state index contributed by atoms with van der Waals surface area (Å²) in [5.41, 5.74) is 2.37. The maximum absolute atomic E-state index is 5.27. The summed E-state index contributed by atoms with van der Waals surface area (Å²) in [5.74, 6) is 0. The Bertz CT molecular complexity index is 80.9. The maximum Gasteiger partial charge on any atom is 0.213 e. The average Bonchev–Trinajstić information content (AvgIpc) is 1.86. The fraction of sp³-hybridized carbons (Fsp3) is 0. The molecule has 0 unspecified atom stereocenters. The molecule has 0 spiro atoms. The quantitative estimate of drug-likeness (QED) is 0.486. The molecule has 2 radical (unpaired) electrons. The SMILES string of the molecule is ClC1=CNO[C]1. The molecule has 1 aliphatic rings. The van der Waals surface area contributed by atoms with Crippen LogP contribution in [-0.2, 0) is 4.84 Å². The number of halogens is 1. The van der Waals surface area contributed by atoms with E-state index in [4.69, 9.17) is 11.6 Å². The fourth-order valence-corrected chi connectivity index (χ4v) is 0.272. The van der Waals surface area contributed by atoms with Gasteiger partial charge in [0, 0.05) is 6.20 Å². The third-order valence-corrected chi connectivity index (χ3v) is 0.579. The Hall–Kier alpha value is -0.210. The van der Waals surface area contributed by atoms with E-state index in [1.165, 1.54) is 6.20 Å². The summed E-state index contributed by atoms with van der Waals surface area (Å²) in [6.45, 7) is 2.33. The summed E-state index contributed by atoms with van der Waals surface area (Å²) in [6, 6.07) is 0. The number of hydrogen-bond acceptors (Lipinski definition) is 2. The average molecular weight is 104 g/mol. The second-order valence-electron chi connectivity index (χ2n) is 0.814. The second kappa shape index (κ2) is 1.49. The van der Waals surface area contributed by atoms with Crippen molar-refractivity contribution >= 4 is 11.6 Å². The first-order valence-corrected chi connectivity index (χ1v) is 1.80. The van der Waals surface area contributed by atoms with Crippen LogP contribution in [0.1, 0.15) is 0 Å². The first-order valence-electron chi connectivity index (χ1n) is 1.42. The van der Waals surface area contributed by atoms with Crippen LogP contribution in [0.4, 0.5) is 0 Å². The Morgan fingerprint density at radius 1 is 2.00 bits per heavy atom. The lowest BCUT2D eigenvalue weighted by Crippen LogP contribution is -1.93. The Morgan fingerprint density at radius 3 is 3.00 bits per heavy atom. The van der Waals surface area contributed by atoms with Crippen molar-refractivity contribution in [2.24, 2.45) is 0 Å². The molecule has 0 aromatic rings. The summed E-state index contributed by atoms with van der Waals surface area (Å²) < 4.78 is 0. The van der Waals surface area contributed by atoms with Gasteiger partial charge in [-0.25, -0.2) is 0 Å². The predicted octanol–water partition coefficient (Wildman–Crippen LogP) is 0.640. The molecule has 0 saturated heterocycles. The first-order chi connectivity index (χ1) is 2.89. The Morgan fingerprint density at radius 2 is 2.83 bits per heavy atom. The zero-order valence-corrected chi connectivity index (χ0v) is 3.62. The molecule has 32 valence electrons. The highest BCUT2D eigenvalue weighted by atomic mass is 35.5. The van der Waals surface area contributed by atoms with E-state index in [9.17, 15) is 0 Å². The highest BCUT2D eigenvalue weighted by Gasteiger charge is 1.99. The number of nitrogens with one attached hydrogen (secondary N) is 1. The van der Waals surface area contributed by atoms with E-state index in [0.29, 0.717) is 5.03 Å². The van der Waals surface area contributed by atoms with Crippen LogP contribution in [0.25, 0.3) is 0 Å².